The van der Waals surface area contributed by atoms with Gasteiger partial charge in [0.15, 0.2) is 0 Å². The molecular weight excluding hydrogens is 645 g/mol. The van der Waals surface area contributed by atoms with Crippen LogP contribution in [0.2, 0.25) is 5.02 Å². The number of allylic oxidation sites excluding steroid dienone is 4. The number of aromatic hydroxyl groups is 1. The fourth-order valence-electron chi connectivity index (χ4n) is 5.59. The van der Waals surface area contributed by atoms with E-state index in [-0.39, 0.29) is 12.2 Å². The molecule has 1 heterocycles. The van der Waals surface area contributed by atoms with Crippen molar-refractivity contribution in [3.05, 3.63) is 112 Å². The molecule has 0 atom stereocenters. The van der Waals surface area contributed by atoms with Gasteiger partial charge in [-0.3, -0.25) is 14.8 Å². The number of halogens is 2. The minimum Gasteiger partial charge on any atom is -0.508 e. The number of aliphatic hydroxyl groups is 1. The zero-order valence-electron chi connectivity index (χ0n) is 28.5. The molecule has 0 bridgehead atoms. The lowest BCUT2D eigenvalue weighted by Crippen LogP contribution is -2.41. The Balaban J connectivity index is 0.00000158. The van der Waals surface area contributed by atoms with Gasteiger partial charge in [-0.2, -0.15) is 0 Å². The minimum atomic E-state index is -0.292. The molecule has 0 aromatic heterocycles. The standard InChI is InChI=1S/C36H42ClFN4O2.CH3NO.CH4O/c1-39-33(10-6-4-8-28-13-14-31(37)26-32(28)38)29-16-18-41(19-17-29)20-21-42(22-23-44-3)35-15-12-27(25-34(35)40-2)24-30-9-5-7-11-36(30)43;2-1-3;1-2/h4-7,9-15,25-26,29,43H,1-2,8,16-24H2,3H3;1H,(H2,2,3);2H,1H3/b6-4-,33-10-;;. The highest BCUT2D eigenvalue weighted by atomic mass is 35.5. The van der Waals surface area contributed by atoms with Gasteiger partial charge in [-0.05, 0) is 98.9 Å². The maximum absolute atomic E-state index is 14.0. The molecule has 3 aromatic carbocycles. The average molecular weight is 694 g/mol. The number of aliphatic hydroxyl groups excluding tert-OH is 1. The van der Waals surface area contributed by atoms with Crippen LogP contribution in [0.5, 0.6) is 5.75 Å². The number of benzene rings is 3. The number of hydrogen-bond acceptors (Lipinski definition) is 8. The summed E-state index contributed by atoms with van der Waals surface area (Å²) < 4.78 is 19.5. The number of hydrogen-bond donors (Lipinski definition) is 3. The Hall–Kier alpha value is -4.35. The van der Waals surface area contributed by atoms with Gasteiger partial charge in [0.05, 0.1) is 18.0 Å². The van der Waals surface area contributed by atoms with E-state index >= 15 is 0 Å². The lowest BCUT2D eigenvalue weighted by Gasteiger charge is -2.34. The number of carbonyl (C=O) groups is 1. The van der Waals surface area contributed by atoms with E-state index in [1.165, 1.54) is 6.07 Å². The van der Waals surface area contributed by atoms with Crippen LogP contribution in [0.3, 0.4) is 0 Å². The van der Waals surface area contributed by atoms with Crippen LogP contribution >= 0.6 is 11.6 Å². The van der Waals surface area contributed by atoms with Gasteiger partial charge < -0.3 is 30.5 Å². The van der Waals surface area contributed by atoms with Gasteiger partial charge in [0.1, 0.15) is 11.6 Å². The van der Waals surface area contributed by atoms with Crippen LogP contribution in [0, 0.1) is 11.7 Å². The zero-order chi connectivity index (χ0) is 36.0. The summed E-state index contributed by atoms with van der Waals surface area (Å²) in [6.07, 6.45) is 9.24. The van der Waals surface area contributed by atoms with Crippen molar-refractivity contribution in [2.24, 2.45) is 21.6 Å². The largest absolute Gasteiger partial charge is 0.508 e. The fraction of sp³-hybridized carbons (Fsp3) is 0.342. The van der Waals surface area contributed by atoms with Crippen LogP contribution < -0.4 is 10.6 Å². The molecule has 0 unspecified atom stereocenters. The van der Waals surface area contributed by atoms with E-state index < -0.39 is 0 Å². The molecule has 0 saturated carbocycles. The second-order valence-corrected chi connectivity index (χ2v) is 11.6. The molecule has 1 saturated heterocycles. The number of nitrogens with two attached hydrogens (primary N) is 1. The van der Waals surface area contributed by atoms with E-state index in [0.29, 0.717) is 41.7 Å². The van der Waals surface area contributed by atoms with E-state index in [1.807, 2.05) is 36.4 Å². The molecule has 0 spiro atoms. The predicted octanol–water partition coefficient (Wildman–Crippen LogP) is 6.37. The van der Waals surface area contributed by atoms with E-state index in [2.05, 4.69) is 57.2 Å². The zero-order valence-corrected chi connectivity index (χ0v) is 29.2. The molecular formula is C38H49ClFN5O4. The third kappa shape index (κ3) is 13.6. The number of carbonyl (C=O) groups excluding carboxylic acids is 1. The van der Waals surface area contributed by atoms with Crippen LogP contribution in [-0.4, -0.2) is 88.5 Å². The highest BCUT2D eigenvalue weighted by molar-refractivity contribution is 6.30. The minimum absolute atomic E-state index is 0.250. The van der Waals surface area contributed by atoms with Crippen LogP contribution in [-0.2, 0) is 22.4 Å². The summed E-state index contributed by atoms with van der Waals surface area (Å²) in [4.78, 5) is 22.1. The molecule has 0 radical (unpaired) electrons. The van der Waals surface area contributed by atoms with Crippen molar-refractivity contribution in [1.29, 1.82) is 0 Å². The SMILES string of the molecule is C=N/C(=C\C=C/Cc1ccc(Cl)cc1F)C1CCN(CCN(CCOC)c2ccc(Cc3ccccc3O)cc2N=C)CC1.CO.NC=O. The molecule has 4 N–H and O–H groups in total. The van der Waals surface area contributed by atoms with Crippen molar-refractivity contribution in [3.8, 4) is 5.75 Å². The first-order valence-electron chi connectivity index (χ1n) is 16.0. The Morgan fingerprint density at radius 2 is 1.82 bits per heavy atom. The number of rotatable bonds is 15. The molecule has 264 valence electrons. The number of anilines is 1. The molecule has 1 amide bonds. The van der Waals surface area contributed by atoms with Crippen LogP contribution in [0.15, 0.2) is 94.6 Å². The van der Waals surface area contributed by atoms with E-state index in [4.69, 9.17) is 26.2 Å². The number of piperidine rings is 1. The highest BCUT2D eigenvalue weighted by Crippen LogP contribution is 2.32. The van der Waals surface area contributed by atoms with Crippen LogP contribution in [0.1, 0.15) is 29.5 Å². The lowest BCUT2D eigenvalue weighted by atomic mass is 9.93. The fourth-order valence-corrected chi connectivity index (χ4v) is 5.75. The Morgan fingerprint density at radius 1 is 1.10 bits per heavy atom. The molecule has 9 nitrogen and oxygen atoms in total. The summed E-state index contributed by atoms with van der Waals surface area (Å²) in [5.74, 6) is 0.349. The maximum atomic E-state index is 14.0. The number of phenols is 1. The van der Waals surface area contributed by atoms with Crippen molar-refractivity contribution >= 4 is 42.8 Å². The lowest BCUT2D eigenvalue weighted by molar-refractivity contribution is -0.106. The van der Waals surface area contributed by atoms with Gasteiger partial charge in [-0.15, -0.1) is 0 Å². The van der Waals surface area contributed by atoms with E-state index in [0.717, 1.165) is 80.9 Å². The Kier molecular flexibility index (Phi) is 19.2. The number of ether oxygens (including phenoxy) is 1. The summed E-state index contributed by atoms with van der Waals surface area (Å²) in [5.41, 5.74) is 9.55. The second-order valence-electron chi connectivity index (χ2n) is 11.1. The summed E-state index contributed by atoms with van der Waals surface area (Å²) in [6, 6.07) is 18.4. The smallest absolute Gasteiger partial charge is 0.204 e. The van der Waals surface area contributed by atoms with Gasteiger partial charge in [-0.1, -0.05) is 54.1 Å². The Bertz CT molecular complexity index is 1530. The first-order chi connectivity index (χ1) is 23.8. The van der Waals surface area contributed by atoms with Gasteiger partial charge in [-0.25, -0.2) is 4.39 Å². The first-order valence-corrected chi connectivity index (χ1v) is 16.4. The number of methoxy groups -OCH3 is 1. The van der Waals surface area contributed by atoms with Gasteiger partial charge >= 0.3 is 0 Å². The van der Waals surface area contributed by atoms with Crippen molar-refractivity contribution < 1.29 is 24.1 Å². The topological polar surface area (TPSA) is 124 Å². The monoisotopic (exact) mass is 693 g/mol. The Morgan fingerprint density at radius 3 is 2.45 bits per heavy atom. The number of primary amides is 1. The molecule has 11 heteroatoms. The second kappa shape index (κ2) is 23.1. The highest BCUT2D eigenvalue weighted by Gasteiger charge is 2.22. The molecule has 0 aliphatic carbocycles. The first kappa shape index (κ1) is 40.8. The van der Waals surface area contributed by atoms with Crippen molar-refractivity contribution in [2.75, 3.05) is 58.5 Å². The summed E-state index contributed by atoms with van der Waals surface area (Å²) in [6.45, 7) is 12.7. The normalized spacial score (nSPS) is 13.5. The summed E-state index contributed by atoms with van der Waals surface area (Å²) in [5, 5.41) is 17.6. The predicted molar refractivity (Wildman–Crippen MR) is 200 cm³/mol. The molecule has 1 aliphatic rings. The molecule has 49 heavy (non-hydrogen) atoms. The van der Waals surface area contributed by atoms with Crippen molar-refractivity contribution in [2.45, 2.75) is 25.7 Å². The number of aliphatic imine (C=N–C) groups is 2. The van der Waals surface area contributed by atoms with Crippen LogP contribution in [0.25, 0.3) is 0 Å². The third-order valence-electron chi connectivity index (χ3n) is 8.13. The molecule has 1 fully saturated rings. The molecule has 3 aromatic rings. The van der Waals surface area contributed by atoms with Gasteiger partial charge in [0.25, 0.3) is 0 Å². The quantitative estimate of drug-likeness (QED) is 0.0967. The number of phenolic OH excluding ortho intramolecular Hbond substituents is 1. The summed E-state index contributed by atoms with van der Waals surface area (Å²) >= 11 is 5.85. The van der Waals surface area contributed by atoms with Gasteiger partial charge in [0.2, 0.25) is 6.41 Å². The van der Waals surface area contributed by atoms with E-state index in [9.17, 15) is 9.50 Å². The number of amides is 1. The van der Waals surface area contributed by atoms with E-state index in [1.54, 1.807) is 25.3 Å². The van der Waals surface area contributed by atoms with Crippen molar-refractivity contribution in [3.63, 3.8) is 0 Å². The molecule has 4 rings (SSSR count). The Labute approximate surface area is 294 Å². The third-order valence-corrected chi connectivity index (χ3v) is 8.37. The van der Waals surface area contributed by atoms with Crippen molar-refractivity contribution in [1.82, 2.24) is 4.90 Å². The summed E-state index contributed by atoms with van der Waals surface area (Å²) in [7, 11) is 2.72. The van der Waals surface area contributed by atoms with Gasteiger partial charge in [0, 0.05) is 56.9 Å². The number of para-hydroxylation sites is 1. The number of nitrogens with zero attached hydrogens (tertiary/aromatic N) is 4. The number of likely N-dealkylation sites (tertiary alicyclic amines) is 1. The molecule has 1 aliphatic heterocycles. The van der Waals surface area contributed by atoms with Crippen LogP contribution in [0.4, 0.5) is 15.8 Å². The maximum Gasteiger partial charge on any atom is 0.204 e. The average Bonchev–Trinajstić information content (AvgIpc) is 3.12.